The molecule has 0 radical (unpaired) electrons. The van der Waals surface area contributed by atoms with E-state index >= 15 is 0 Å². The minimum Gasteiger partial charge on any atom is -0.294 e. The minimum absolute atomic E-state index is 0.0538. The lowest BCUT2D eigenvalue weighted by atomic mass is 10.2. The van der Waals surface area contributed by atoms with Crippen LogP contribution < -0.4 is 0 Å². The van der Waals surface area contributed by atoms with Gasteiger partial charge in [-0.2, -0.15) is 0 Å². The van der Waals surface area contributed by atoms with Gasteiger partial charge in [0.05, 0.1) is 4.55 Å². The van der Waals surface area contributed by atoms with E-state index < -0.39 is 0 Å². The summed E-state index contributed by atoms with van der Waals surface area (Å²) in [6.45, 7) is 1.54. The van der Waals surface area contributed by atoms with Crippen molar-refractivity contribution in [2.45, 2.75) is 6.92 Å². The van der Waals surface area contributed by atoms with Crippen molar-refractivity contribution in [1.29, 1.82) is 0 Å². The zero-order chi connectivity index (χ0) is 8.69. The first-order chi connectivity index (χ1) is 5.22. The van der Waals surface area contributed by atoms with Gasteiger partial charge in [-0.3, -0.25) is 9.79 Å². The van der Waals surface area contributed by atoms with Crippen molar-refractivity contribution in [3.63, 3.8) is 0 Å². The maximum atomic E-state index is 10.9. The summed E-state index contributed by atoms with van der Waals surface area (Å²) in [6.07, 6.45) is 3.41. The zero-order valence-corrected chi connectivity index (χ0v) is 9.92. The molecule has 0 saturated carbocycles. The first-order valence-corrected chi connectivity index (χ1v) is 5.70. The summed E-state index contributed by atoms with van der Waals surface area (Å²) in [4.78, 5) is 14.8. The highest BCUT2D eigenvalue weighted by Gasteiger charge is 1.97. The fourth-order valence-corrected chi connectivity index (χ4v) is 1.05. The molecule has 0 saturated heterocycles. The fraction of sp³-hybridized carbons (Fsp3) is 0.429. The van der Waals surface area contributed by atoms with E-state index in [1.165, 1.54) is 6.92 Å². The number of rotatable bonds is 4. The largest absolute Gasteiger partial charge is 0.294 e. The smallest absolute Gasteiger partial charge is 0.161 e. The Hall–Kier alpha value is 0.290. The van der Waals surface area contributed by atoms with Crippen molar-refractivity contribution in [1.82, 2.24) is 0 Å². The molecule has 62 valence electrons. The predicted molar refractivity (Wildman–Crippen MR) is 59.9 cm³/mol. The van der Waals surface area contributed by atoms with Gasteiger partial charge in [0.15, 0.2) is 5.78 Å². The molecule has 0 rings (SSSR count). The highest BCUT2D eigenvalue weighted by Crippen LogP contribution is 1.95. The highest BCUT2D eigenvalue weighted by atomic mass is 127. The number of carbonyl (C=O) groups excluding carboxylic acids is 1. The summed E-state index contributed by atoms with van der Waals surface area (Å²) in [5.74, 6) is 0.0538. The number of allylic oxidation sites excluding steroid dienone is 2. The van der Waals surface area contributed by atoms with Crippen molar-refractivity contribution in [3.05, 3.63) is 11.6 Å². The van der Waals surface area contributed by atoms with Crippen molar-refractivity contribution in [2.24, 2.45) is 4.99 Å². The number of hydrogen-bond acceptors (Lipinski definition) is 2. The van der Waals surface area contributed by atoms with Crippen LogP contribution in [-0.2, 0) is 4.79 Å². The average molecular weight is 330 g/mol. The molecule has 0 unspecified atom stereocenters. The number of alkyl halides is 2. The zero-order valence-electron chi connectivity index (χ0n) is 6.18. The molecular weight excluding hydrogens is 321 g/mol. The van der Waals surface area contributed by atoms with E-state index in [4.69, 9.17) is 0 Å². The Morgan fingerprint density at radius 1 is 1.73 bits per heavy atom. The van der Waals surface area contributed by atoms with Crippen molar-refractivity contribution < 1.29 is 4.79 Å². The van der Waals surface area contributed by atoms with Crippen LogP contribution in [0.3, 0.4) is 0 Å². The van der Waals surface area contributed by atoms with Gasteiger partial charge >= 0.3 is 0 Å². The van der Waals surface area contributed by atoms with Gasteiger partial charge in [0.25, 0.3) is 0 Å². The highest BCUT2D eigenvalue weighted by molar-refractivity contribution is 14.1. The van der Waals surface area contributed by atoms with Crippen LogP contribution >= 0.6 is 38.5 Å². The van der Waals surface area contributed by atoms with Gasteiger partial charge in [0.1, 0.15) is 0 Å². The van der Waals surface area contributed by atoms with Crippen LogP contribution in [0.15, 0.2) is 16.6 Å². The monoisotopic (exact) mass is 329 g/mol. The van der Waals surface area contributed by atoms with E-state index in [2.05, 4.69) is 43.5 Å². The number of carbonyl (C=O) groups is 1. The normalized spacial score (nSPS) is 12.5. The third kappa shape index (κ3) is 5.55. The van der Waals surface area contributed by atoms with E-state index in [0.29, 0.717) is 15.5 Å². The summed E-state index contributed by atoms with van der Waals surface area (Å²) in [5, 5.41) is 0.690. The summed E-state index contributed by atoms with van der Waals surface area (Å²) < 4.78 is 0.685. The molecule has 0 aliphatic heterocycles. The van der Waals surface area contributed by atoms with Gasteiger partial charge in [-0.05, 0) is 6.92 Å². The summed E-state index contributed by atoms with van der Waals surface area (Å²) in [7, 11) is 0. The number of nitrogens with zero attached hydrogens (tertiary/aromatic N) is 1. The number of hydrogen-bond donors (Lipinski definition) is 0. The first kappa shape index (κ1) is 11.3. The molecule has 0 spiro atoms. The molecule has 0 atom stereocenters. The van der Waals surface area contributed by atoms with Crippen LogP contribution in [0, 0.1) is 0 Å². The van der Waals surface area contributed by atoms with Crippen molar-refractivity contribution in [3.8, 4) is 0 Å². The molecule has 11 heavy (non-hydrogen) atoms. The third-order valence-electron chi connectivity index (χ3n) is 1.00. The van der Waals surface area contributed by atoms with Crippen LogP contribution in [0.25, 0.3) is 0 Å². The van der Waals surface area contributed by atoms with Crippen LogP contribution in [0.2, 0.25) is 0 Å². The standard InChI is InChI=1S/C7H9BrINO/c1-6(11)7(2-3-8)4-10-5-9/h2,4H,3,5H2,1H3/b7-2+,10-4-. The van der Waals surface area contributed by atoms with Gasteiger partial charge in [-0.25, -0.2) is 0 Å². The van der Waals surface area contributed by atoms with E-state index in [1.54, 1.807) is 12.3 Å². The number of halogens is 2. The van der Waals surface area contributed by atoms with E-state index in [9.17, 15) is 4.79 Å². The Kier molecular flexibility index (Phi) is 7.15. The van der Waals surface area contributed by atoms with Crippen LogP contribution in [0.4, 0.5) is 0 Å². The maximum absolute atomic E-state index is 10.9. The second kappa shape index (κ2) is 6.97. The van der Waals surface area contributed by atoms with Gasteiger partial charge < -0.3 is 0 Å². The third-order valence-corrected chi connectivity index (χ3v) is 1.72. The summed E-state index contributed by atoms with van der Waals surface area (Å²) in [5.41, 5.74) is 0.665. The van der Waals surface area contributed by atoms with Crippen LogP contribution in [0.5, 0.6) is 0 Å². The Morgan fingerprint density at radius 3 is 2.73 bits per heavy atom. The molecule has 0 aromatic carbocycles. The molecule has 0 bridgehead atoms. The molecule has 0 heterocycles. The van der Waals surface area contributed by atoms with E-state index in [-0.39, 0.29) is 5.78 Å². The molecule has 0 fully saturated rings. The minimum atomic E-state index is 0.0538. The predicted octanol–water partition coefficient (Wildman–Crippen LogP) is 2.36. The Morgan fingerprint density at radius 2 is 2.36 bits per heavy atom. The molecule has 4 heteroatoms. The van der Waals surface area contributed by atoms with Gasteiger partial charge in [-0.15, -0.1) is 0 Å². The molecule has 2 nitrogen and oxygen atoms in total. The molecule has 0 aliphatic carbocycles. The summed E-state index contributed by atoms with van der Waals surface area (Å²) >= 11 is 5.34. The lowest BCUT2D eigenvalue weighted by molar-refractivity contribution is -0.113. The molecule has 0 aromatic heterocycles. The quantitative estimate of drug-likeness (QED) is 0.256. The molecular formula is C7H9BrINO. The van der Waals surface area contributed by atoms with Crippen LogP contribution in [0.1, 0.15) is 6.92 Å². The molecule has 0 N–H and O–H groups in total. The molecule has 0 aliphatic rings. The van der Waals surface area contributed by atoms with E-state index in [1.807, 2.05) is 0 Å². The second-order valence-corrected chi connectivity index (χ2v) is 3.13. The molecule has 0 amide bonds. The second-order valence-electron chi connectivity index (χ2n) is 1.80. The van der Waals surface area contributed by atoms with Crippen LogP contribution in [-0.4, -0.2) is 21.9 Å². The van der Waals surface area contributed by atoms with E-state index in [0.717, 1.165) is 0 Å². The van der Waals surface area contributed by atoms with Gasteiger partial charge in [0.2, 0.25) is 0 Å². The molecule has 0 aromatic rings. The number of aliphatic imine (C=N–C) groups is 1. The topological polar surface area (TPSA) is 29.4 Å². The first-order valence-electron chi connectivity index (χ1n) is 3.05. The fourth-order valence-electron chi connectivity index (χ4n) is 0.503. The van der Waals surface area contributed by atoms with Crippen molar-refractivity contribution >= 4 is 50.5 Å². The SMILES string of the molecule is CC(=O)C(/C=N\CI)=C/CBr. The average Bonchev–Trinajstić information content (AvgIpc) is 1.97. The van der Waals surface area contributed by atoms with Gasteiger partial charge in [0, 0.05) is 17.1 Å². The Bertz CT molecular complexity index is 189. The lowest BCUT2D eigenvalue weighted by Gasteiger charge is -1.91. The van der Waals surface area contributed by atoms with Crippen molar-refractivity contribution in [2.75, 3.05) is 9.88 Å². The summed E-state index contributed by atoms with van der Waals surface area (Å²) in [6, 6.07) is 0. The Balaban J connectivity index is 4.23. The van der Waals surface area contributed by atoms with Gasteiger partial charge in [-0.1, -0.05) is 44.6 Å². The lowest BCUT2D eigenvalue weighted by Crippen LogP contribution is -1.98. The number of Topliss-reactive ketones (excluding diaryl/α,β-unsaturated/α-hetero) is 1. The number of ketones is 1. The Labute approximate surface area is 88.4 Å². The maximum Gasteiger partial charge on any atom is 0.161 e.